The summed E-state index contributed by atoms with van der Waals surface area (Å²) >= 11 is 0. The molecule has 0 saturated carbocycles. The molecule has 0 radical (unpaired) electrons. The van der Waals surface area contributed by atoms with Gasteiger partial charge in [-0.05, 0) is 304 Å². The summed E-state index contributed by atoms with van der Waals surface area (Å²) in [6.07, 6.45) is 15.7. The van der Waals surface area contributed by atoms with E-state index in [0.717, 1.165) is 234 Å². The zero-order chi connectivity index (χ0) is 70.5. The fourth-order valence-corrected chi connectivity index (χ4v) is 21.1. The van der Waals surface area contributed by atoms with Crippen LogP contribution in [0, 0.1) is 0 Å². The third kappa shape index (κ3) is 11.1. The molecular formula is C96H72CaO8P2. The third-order valence-electron chi connectivity index (χ3n) is 24.0. The maximum Gasteiger partial charge on any atom is 2.00 e. The summed E-state index contributed by atoms with van der Waals surface area (Å²) in [5.74, 6) is 1.60. The zero-order valence-electron chi connectivity index (χ0n) is 59.3. The molecule has 516 valence electrons. The Morgan fingerprint density at radius 2 is 0.411 bits per heavy atom. The van der Waals surface area contributed by atoms with E-state index in [1.807, 2.05) is 0 Å². The number of aryl methyl sites for hydroxylation is 4. The minimum atomic E-state index is -4.93. The fraction of sp³-hybridized carbons (Fsp3) is 0.167. The van der Waals surface area contributed by atoms with E-state index in [1.165, 1.54) is 66.1 Å². The van der Waals surface area contributed by atoms with E-state index in [2.05, 4.69) is 243 Å². The molecule has 107 heavy (non-hydrogen) atoms. The van der Waals surface area contributed by atoms with Crippen LogP contribution in [0.1, 0.15) is 95.9 Å². The summed E-state index contributed by atoms with van der Waals surface area (Å²) in [5, 5.41) is 17.9. The maximum absolute atomic E-state index is 14.4. The van der Waals surface area contributed by atoms with Crippen LogP contribution in [0.25, 0.3) is 153 Å². The molecule has 0 atom stereocenters. The molecule has 4 aliphatic carbocycles. The topological polar surface area (TPSA) is 117 Å². The minimum absolute atomic E-state index is 0. The molecule has 0 saturated heterocycles. The Kier molecular flexibility index (Phi) is 16.5. The van der Waals surface area contributed by atoms with Gasteiger partial charge >= 0.3 is 53.4 Å². The van der Waals surface area contributed by atoms with Crippen molar-refractivity contribution < 1.29 is 37.0 Å². The fourth-order valence-electron chi connectivity index (χ4n) is 19.4. The molecule has 0 bridgehead atoms. The average molecular weight is 1460 g/mol. The van der Waals surface area contributed by atoms with Gasteiger partial charge in [-0.15, -0.1) is 0 Å². The van der Waals surface area contributed by atoms with Crippen LogP contribution in [0.3, 0.4) is 0 Å². The van der Waals surface area contributed by atoms with Gasteiger partial charge in [-0.1, -0.05) is 194 Å². The third-order valence-corrected chi connectivity index (χ3v) is 25.6. The predicted molar refractivity (Wildman–Crippen MR) is 436 cm³/mol. The van der Waals surface area contributed by atoms with E-state index in [9.17, 15) is 18.9 Å². The second-order valence-electron chi connectivity index (χ2n) is 29.9. The van der Waals surface area contributed by atoms with E-state index < -0.39 is 15.6 Å². The minimum Gasteiger partial charge on any atom is -0.736 e. The van der Waals surface area contributed by atoms with Crippen LogP contribution in [0.4, 0.5) is 0 Å². The second-order valence-corrected chi connectivity index (χ2v) is 32.4. The number of hydrogen-bond donors (Lipinski definition) is 0. The van der Waals surface area contributed by atoms with Gasteiger partial charge in [-0.2, -0.15) is 0 Å². The van der Waals surface area contributed by atoms with Gasteiger partial charge < -0.3 is 27.9 Å². The van der Waals surface area contributed by atoms with Crippen LogP contribution in [0.2, 0.25) is 0 Å². The Balaban J connectivity index is 0.000000140. The Bertz CT molecular complexity index is 5830. The summed E-state index contributed by atoms with van der Waals surface area (Å²) < 4.78 is 54.3. The Morgan fingerprint density at radius 3 is 0.636 bits per heavy atom. The molecular weight excluding hydrogens is 1380 g/mol. The first-order valence-electron chi connectivity index (χ1n) is 37.8. The number of benzene rings is 16. The molecule has 2 aliphatic heterocycles. The van der Waals surface area contributed by atoms with Crippen molar-refractivity contribution >= 4 is 140 Å². The number of phosphoric acid groups is 2. The first-order valence-corrected chi connectivity index (χ1v) is 40.8. The van der Waals surface area contributed by atoms with Gasteiger partial charge in [0.25, 0.3) is 0 Å². The molecule has 0 fully saturated rings. The molecule has 0 N–H and O–H groups in total. The van der Waals surface area contributed by atoms with E-state index >= 15 is 0 Å². The van der Waals surface area contributed by atoms with Gasteiger partial charge in [0, 0.05) is 44.5 Å². The van der Waals surface area contributed by atoms with Crippen molar-refractivity contribution in [3.8, 4) is 89.8 Å². The quantitative estimate of drug-likeness (QED) is 0.0972. The first-order chi connectivity index (χ1) is 52.0. The van der Waals surface area contributed by atoms with Crippen molar-refractivity contribution in [2.45, 2.75) is 103 Å². The molecule has 2 heterocycles. The van der Waals surface area contributed by atoms with Gasteiger partial charge in [-0.25, -0.2) is 9.13 Å². The molecule has 8 nitrogen and oxygen atoms in total. The summed E-state index contributed by atoms with van der Waals surface area (Å²) in [5.41, 5.74) is 20.6. The van der Waals surface area contributed by atoms with Crippen LogP contribution < -0.4 is 27.9 Å². The van der Waals surface area contributed by atoms with E-state index in [-0.39, 0.29) is 37.7 Å². The molecule has 11 heteroatoms. The van der Waals surface area contributed by atoms with Gasteiger partial charge in [-0.3, -0.25) is 0 Å². The molecule has 0 amide bonds. The van der Waals surface area contributed by atoms with E-state index in [1.54, 1.807) is 0 Å². The van der Waals surface area contributed by atoms with Gasteiger partial charge in [0.05, 0.1) is 0 Å². The Morgan fingerprint density at radius 1 is 0.224 bits per heavy atom. The van der Waals surface area contributed by atoms with Crippen LogP contribution >= 0.6 is 15.6 Å². The van der Waals surface area contributed by atoms with Crippen LogP contribution in [0.5, 0.6) is 23.0 Å². The summed E-state index contributed by atoms with van der Waals surface area (Å²) in [4.78, 5) is 28.9. The summed E-state index contributed by atoms with van der Waals surface area (Å²) in [6, 6.07) is 85.2. The van der Waals surface area contributed by atoms with E-state index in [4.69, 9.17) is 18.1 Å². The van der Waals surface area contributed by atoms with Crippen molar-refractivity contribution in [1.29, 1.82) is 0 Å². The average Bonchev–Trinajstić information content (AvgIpc) is 1.71. The number of hydrogen-bond acceptors (Lipinski definition) is 8. The second kappa shape index (κ2) is 26.4. The zero-order valence-corrected chi connectivity index (χ0v) is 63.3. The van der Waals surface area contributed by atoms with Gasteiger partial charge in [0.1, 0.15) is 23.0 Å². The van der Waals surface area contributed by atoms with Crippen molar-refractivity contribution in [2.24, 2.45) is 0 Å². The van der Waals surface area contributed by atoms with Crippen molar-refractivity contribution in [2.75, 3.05) is 0 Å². The molecule has 0 unspecified atom stereocenters. The van der Waals surface area contributed by atoms with E-state index in [0.29, 0.717) is 23.0 Å². The summed E-state index contributed by atoms with van der Waals surface area (Å²) in [7, 11) is -9.86. The largest absolute Gasteiger partial charge is 2.00 e. The molecule has 6 aliphatic rings. The SMILES string of the molecule is O=P1([O-])Oc2c(-c3cc4ccccc4c4ccccc34)cc3c(c2-c2c4c(cc(-c5cc6ccccc6c6ccccc56)c2O1)CCCC4)CCCC3.O=P1([O-])Oc2c(-c3cc4ccccc4c4ccccc34)cc3c(c2-c2c4c(cc(-c5cc6ccccc6c6ccccc56)c2O1)CCCC4)CCCC3.[Ca+2]. The Hall–Kier alpha value is -9.56. The normalized spacial score (nSPS) is 15.8. The smallest absolute Gasteiger partial charge is 0.736 e. The molecule has 0 aromatic heterocycles. The monoisotopic (exact) mass is 1450 g/mol. The number of fused-ring (bicyclic) bond motifs is 26. The van der Waals surface area contributed by atoms with Crippen molar-refractivity contribution in [1.82, 2.24) is 0 Å². The molecule has 22 rings (SSSR count). The number of phosphoric ester groups is 2. The van der Waals surface area contributed by atoms with Crippen LogP contribution in [-0.2, 0) is 60.5 Å². The predicted octanol–water partition coefficient (Wildman–Crippen LogP) is 24.2. The van der Waals surface area contributed by atoms with Crippen LogP contribution in [0.15, 0.2) is 243 Å². The standard InChI is InChI=1S/2C48H37O4P.Ca/c2*49-53(50)51-47-43(41-25-29-13-1-5-17-33(29)37-21-9-11-23-39(37)41)27-31-15-3-7-19-35(31)45(47)46-36-20-8-4-16-32(36)28-44(48(46)52-53)42-26-30-14-2-6-18-34(30)38-22-10-12-24-40(38)42;/h2*1-2,5-6,9-14,17-18,21-28H,3-4,7-8,15-16,19-20H2,(H,49,50);/q;;+2/p-2. The maximum atomic E-state index is 14.4. The van der Waals surface area contributed by atoms with Crippen molar-refractivity contribution in [3.63, 3.8) is 0 Å². The number of rotatable bonds is 4. The Labute approximate surface area is 650 Å². The molecule has 16 aromatic carbocycles. The van der Waals surface area contributed by atoms with Crippen molar-refractivity contribution in [3.05, 3.63) is 287 Å². The molecule has 0 spiro atoms. The van der Waals surface area contributed by atoms with Gasteiger partial charge in [0.2, 0.25) is 0 Å². The summed E-state index contributed by atoms with van der Waals surface area (Å²) in [6.45, 7) is 0. The van der Waals surface area contributed by atoms with Gasteiger partial charge in [0.15, 0.2) is 0 Å². The van der Waals surface area contributed by atoms with Crippen LogP contribution in [-0.4, -0.2) is 37.7 Å². The molecule has 16 aromatic rings. The first kappa shape index (κ1) is 66.8.